The maximum Gasteiger partial charge on any atom is 0.164 e. The zero-order valence-electron chi connectivity index (χ0n) is 8.82. The van der Waals surface area contributed by atoms with Gasteiger partial charge < -0.3 is 10.2 Å². The van der Waals surface area contributed by atoms with E-state index in [4.69, 9.17) is 0 Å². The van der Waals surface area contributed by atoms with Crippen LogP contribution in [-0.2, 0) is 19.5 Å². The van der Waals surface area contributed by atoms with Crippen molar-refractivity contribution < 1.29 is 0 Å². The lowest BCUT2D eigenvalue weighted by atomic mass is 10.4. The third-order valence-corrected chi connectivity index (χ3v) is 2.28. The van der Waals surface area contributed by atoms with Crippen molar-refractivity contribution in [3.8, 4) is 0 Å². The molecule has 1 N–H and O–H groups in total. The van der Waals surface area contributed by atoms with E-state index in [-0.39, 0.29) is 0 Å². The zero-order valence-corrected chi connectivity index (χ0v) is 8.82. The summed E-state index contributed by atoms with van der Waals surface area (Å²) in [6.45, 7) is 3.78. The second kappa shape index (κ2) is 4.06. The molecule has 5 nitrogen and oxygen atoms in total. The van der Waals surface area contributed by atoms with Gasteiger partial charge in [0.1, 0.15) is 5.82 Å². The van der Waals surface area contributed by atoms with Gasteiger partial charge in [0.25, 0.3) is 0 Å². The lowest BCUT2D eigenvalue weighted by Gasteiger charge is -2.04. The summed E-state index contributed by atoms with van der Waals surface area (Å²) in [4.78, 5) is 6.61. The summed E-state index contributed by atoms with van der Waals surface area (Å²) >= 11 is 0. The van der Waals surface area contributed by atoms with Crippen LogP contribution in [0.3, 0.4) is 0 Å². The molecule has 0 unspecified atom stereocenters. The van der Waals surface area contributed by atoms with Gasteiger partial charge in [0, 0.05) is 19.5 Å². The van der Waals surface area contributed by atoms with Gasteiger partial charge in [0.15, 0.2) is 5.82 Å². The largest absolute Gasteiger partial charge is 0.314 e. The Hall–Kier alpha value is -0.940. The van der Waals surface area contributed by atoms with E-state index in [2.05, 4.69) is 20.3 Å². The third kappa shape index (κ3) is 2.10. The Morgan fingerprint density at radius 3 is 3.07 bits per heavy atom. The summed E-state index contributed by atoms with van der Waals surface area (Å²) in [5.41, 5.74) is 0. The number of nitrogens with one attached hydrogen (secondary N) is 1. The minimum absolute atomic E-state index is 0.827. The highest BCUT2D eigenvalue weighted by molar-refractivity contribution is 4.95. The van der Waals surface area contributed by atoms with Crippen molar-refractivity contribution in [3.63, 3.8) is 0 Å². The van der Waals surface area contributed by atoms with Crippen molar-refractivity contribution in [1.29, 1.82) is 0 Å². The van der Waals surface area contributed by atoms with Crippen LogP contribution in [0.4, 0.5) is 0 Å². The van der Waals surface area contributed by atoms with Crippen LogP contribution in [0, 0.1) is 0 Å². The molecule has 0 radical (unpaired) electrons. The average Bonchev–Trinajstić information content (AvgIpc) is 2.34. The summed E-state index contributed by atoms with van der Waals surface area (Å²) in [5, 5.41) is 7.80. The maximum atomic E-state index is 4.52. The van der Waals surface area contributed by atoms with E-state index < -0.39 is 0 Å². The standard InChI is InChI=1S/C9H17N5/c1-13(2)7-8-11-9-3-4-10-5-6-14(9)12-8/h10H,3-7H2,1-2H3. The predicted molar refractivity (Wildman–Crippen MR) is 54.0 cm³/mol. The minimum atomic E-state index is 0.827. The predicted octanol–water partition coefficient (Wildman–Crippen LogP) is -0.515. The molecule has 14 heavy (non-hydrogen) atoms. The Balaban J connectivity index is 2.14. The van der Waals surface area contributed by atoms with Crippen LogP contribution >= 0.6 is 0 Å². The lowest BCUT2D eigenvalue weighted by molar-refractivity contribution is 0.388. The van der Waals surface area contributed by atoms with Gasteiger partial charge in [-0.05, 0) is 14.1 Å². The molecule has 0 bridgehead atoms. The van der Waals surface area contributed by atoms with Gasteiger partial charge in [-0.2, -0.15) is 5.10 Å². The fourth-order valence-electron chi connectivity index (χ4n) is 1.65. The molecule has 0 aromatic carbocycles. The van der Waals surface area contributed by atoms with E-state index >= 15 is 0 Å². The molecule has 0 atom stereocenters. The Kier molecular flexibility index (Phi) is 2.79. The zero-order chi connectivity index (χ0) is 9.97. The molecule has 0 spiro atoms. The number of rotatable bonds is 2. The highest BCUT2D eigenvalue weighted by Gasteiger charge is 2.12. The van der Waals surface area contributed by atoms with E-state index in [1.807, 2.05) is 18.8 Å². The smallest absolute Gasteiger partial charge is 0.164 e. The Labute approximate surface area is 84.1 Å². The number of hydrogen-bond donors (Lipinski definition) is 1. The first-order valence-corrected chi connectivity index (χ1v) is 5.04. The van der Waals surface area contributed by atoms with Crippen LogP contribution < -0.4 is 5.32 Å². The highest BCUT2D eigenvalue weighted by Crippen LogP contribution is 2.03. The molecular weight excluding hydrogens is 178 g/mol. The number of aromatic nitrogens is 3. The van der Waals surface area contributed by atoms with Gasteiger partial charge in [-0.3, -0.25) is 0 Å². The summed E-state index contributed by atoms with van der Waals surface area (Å²) < 4.78 is 2.03. The molecule has 78 valence electrons. The monoisotopic (exact) mass is 195 g/mol. The molecule has 2 rings (SSSR count). The lowest BCUT2D eigenvalue weighted by Crippen LogP contribution is -2.18. The molecule has 1 aliphatic rings. The second-order valence-electron chi connectivity index (χ2n) is 3.91. The second-order valence-corrected chi connectivity index (χ2v) is 3.91. The van der Waals surface area contributed by atoms with Crippen molar-refractivity contribution in [2.45, 2.75) is 19.5 Å². The summed E-state index contributed by atoms with van der Waals surface area (Å²) in [7, 11) is 4.07. The number of hydrogen-bond acceptors (Lipinski definition) is 4. The van der Waals surface area contributed by atoms with Gasteiger partial charge in [-0.15, -0.1) is 0 Å². The molecule has 1 aromatic rings. The summed E-state index contributed by atoms with van der Waals surface area (Å²) in [5.74, 6) is 2.05. The van der Waals surface area contributed by atoms with Crippen LogP contribution in [0.2, 0.25) is 0 Å². The molecule has 0 amide bonds. The van der Waals surface area contributed by atoms with Crippen LogP contribution in [0.25, 0.3) is 0 Å². The van der Waals surface area contributed by atoms with E-state index in [1.165, 1.54) is 0 Å². The van der Waals surface area contributed by atoms with Gasteiger partial charge in [-0.25, -0.2) is 9.67 Å². The molecule has 0 fully saturated rings. The third-order valence-electron chi connectivity index (χ3n) is 2.28. The normalized spacial score (nSPS) is 16.8. The highest BCUT2D eigenvalue weighted by atomic mass is 15.4. The fourth-order valence-corrected chi connectivity index (χ4v) is 1.65. The van der Waals surface area contributed by atoms with Crippen LogP contribution in [0.1, 0.15) is 11.6 Å². The molecule has 0 saturated carbocycles. The Bertz CT molecular complexity index is 281. The van der Waals surface area contributed by atoms with E-state index in [9.17, 15) is 0 Å². The minimum Gasteiger partial charge on any atom is -0.314 e. The van der Waals surface area contributed by atoms with E-state index in [1.54, 1.807) is 0 Å². The maximum absolute atomic E-state index is 4.52. The first-order valence-electron chi connectivity index (χ1n) is 5.04. The number of nitrogens with zero attached hydrogens (tertiary/aromatic N) is 4. The summed E-state index contributed by atoms with van der Waals surface area (Å²) in [6, 6.07) is 0. The van der Waals surface area contributed by atoms with E-state index in [0.29, 0.717) is 0 Å². The molecule has 2 heterocycles. The van der Waals surface area contributed by atoms with Crippen LogP contribution in [0.5, 0.6) is 0 Å². The Morgan fingerprint density at radius 2 is 2.29 bits per heavy atom. The quantitative estimate of drug-likeness (QED) is 0.690. The average molecular weight is 195 g/mol. The van der Waals surface area contributed by atoms with Crippen molar-refractivity contribution in [3.05, 3.63) is 11.6 Å². The summed E-state index contributed by atoms with van der Waals surface area (Å²) in [6.07, 6.45) is 0.987. The van der Waals surface area contributed by atoms with Crippen molar-refractivity contribution in [1.82, 2.24) is 25.0 Å². The first kappa shape index (κ1) is 9.61. The van der Waals surface area contributed by atoms with E-state index in [0.717, 1.165) is 44.2 Å². The van der Waals surface area contributed by atoms with Crippen molar-refractivity contribution in [2.24, 2.45) is 0 Å². The molecular formula is C9H17N5. The molecule has 1 aromatic heterocycles. The first-order chi connectivity index (χ1) is 6.75. The molecule has 0 aliphatic carbocycles. The van der Waals surface area contributed by atoms with Crippen LogP contribution in [-0.4, -0.2) is 46.8 Å². The fraction of sp³-hybridized carbons (Fsp3) is 0.778. The SMILES string of the molecule is CN(C)Cc1nc2n(n1)CCNCC2. The van der Waals surface area contributed by atoms with Crippen molar-refractivity contribution in [2.75, 3.05) is 27.2 Å². The van der Waals surface area contributed by atoms with Gasteiger partial charge in [-0.1, -0.05) is 0 Å². The molecule has 0 saturated heterocycles. The number of fused-ring (bicyclic) bond motifs is 1. The van der Waals surface area contributed by atoms with Gasteiger partial charge in [0.05, 0.1) is 13.1 Å². The van der Waals surface area contributed by atoms with Gasteiger partial charge >= 0.3 is 0 Å². The molecule has 1 aliphatic heterocycles. The molecule has 5 heteroatoms. The van der Waals surface area contributed by atoms with Crippen molar-refractivity contribution >= 4 is 0 Å². The Morgan fingerprint density at radius 1 is 1.43 bits per heavy atom. The topological polar surface area (TPSA) is 46.0 Å². The van der Waals surface area contributed by atoms with Crippen LogP contribution in [0.15, 0.2) is 0 Å². The van der Waals surface area contributed by atoms with Gasteiger partial charge in [0.2, 0.25) is 0 Å².